The van der Waals surface area contributed by atoms with Gasteiger partial charge in [-0.1, -0.05) is 11.6 Å². The van der Waals surface area contributed by atoms with E-state index in [2.05, 4.69) is 41.4 Å². The first kappa shape index (κ1) is 22.8. The zero-order valence-corrected chi connectivity index (χ0v) is 21.8. The van der Waals surface area contributed by atoms with Crippen LogP contribution in [-0.4, -0.2) is 51.1 Å². The van der Waals surface area contributed by atoms with Crippen LogP contribution in [0.15, 0.2) is 35.1 Å². The number of hydrogen-bond acceptors (Lipinski definition) is 7. The van der Waals surface area contributed by atoms with Gasteiger partial charge in [0.25, 0.3) is 0 Å². The molecule has 1 aliphatic rings. The third kappa shape index (κ3) is 5.16. The number of nitrogens with zero attached hydrogens (tertiary/aromatic N) is 3. The molecule has 0 spiro atoms. The van der Waals surface area contributed by atoms with Gasteiger partial charge in [0, 0.05) is 4.47 Å². The molecule has 1 fully saturated rings. The standard InChI is InChI=1S/C21H22BrClIN4O3/c1-12-16(5-4-15(22)20(12)23)27-21-14-6-18(29-3)19(7-17(14)25-11-26-21)30-9-13-8-28(2)24-10-31-13/h4-7,11,13H,8-10H2,1-3H3,(H,25,26,27)/q-1. The van der Waals surface area contributed by atoms with Crippen LogP contribution in [0, 0.1) is 6.92 Å². The van der Waals surface area contributed by atoms with Gasteiger partial charge in [-0.25, -0.2) is 0 Å². The van der Waals surface area contributed by atoms with Crippen molar-refractivity contribution in [3.8, 4) is 11.5 Å². The molecule has 1 unspecified atom stereocenters. The van der Waals surface area contributed by atoms with Crippen LogP contribution in [0.1, 0.15) is 5.56 Å². The predicted octanol–water partition coefficient (Wildman–Crippen LogP) is 1.78. The molecule has 1 aromatic heterocycles. The Morgan fingerprint density at radius 3 is 2.94 bits per heavy atom. The Labute approximate surface area is 205 Å². The number of halogens is 3. The van der Waals surface area contributed by atoms with Crippen LogP contribution in [0.4, 0.5) is 11.5 Å². The van der Waals surface area contributed by atoms with Gasteiger partial charge in [0.15, 0.2) is 0 Å². The van der Waals surface area contributed by atoms with Crippen molar-refractivity contribution in [3.63, 3.8) is 0 Å². The Morgan fingerprint density at radius 1 is 1.32 bits per heavy atom. The SMILES string of the molecule is COc1cc2c(Nc3ccc(Br)c(Cl)c3C)ncnc2cc1OCC1CN(C)[I-]CO1. The number of anilines is 2. The summed E-state index contributed by atoms with van der Waals surface area (Å²) in [5.74, 6) is 1.92. The van der Waals surface area contributed by atoms with Gasteiger partial charge >= 0.3 is 144 Å². The van der Waals surface area contributed by atoms with Gasteiger partial charge in [-0.2, -0.15) is 0 Å². The van der Waals surface area contributed by atoms with Gasteiger partial charge in [-0.15, -0.1) is 0 Å². The van der Waals surface area contributed by atoms with Gasteiger partial charge in [-0.3, -0.25) is 0 Å². The van der Waals surface area contributed by atoms with Gasteiger partial charge in [0.05, 0.1) is 5.02 Å². The zero-order chi connectivity index (χ0) is 22.0. The number of fused-ring (bicyclic) bond motifs is 1. The summed E-state index contributed by atoms with van der Waals surface area (Å²) in [5.41, 5.74) is 2.55. The molecule has 2 aromatic carbocycles. The third-order valence-corrected chi connectivity index (χ3v) is 8.52. The van der Waals surface area contributed by atoms with Gasteiger partial charge < -0.3 is 0 Å². The maximum absolute atomic E-state index is 6.38. The van der Waals surface area contributed by atoms with Crippen LogP contribution in [0.2, 0.25) is 5.02 Å². The molecule has 166 valence electrons. The summed E-state index contributed by atoms with van der Waals surface area (Å²) >= 11 is 9.82. The van der Waals surface area contributed by atoms with Crippen molar-refractivity contribution >= 4 is 49.9 Å². The first-order valence-corrected chi connectivity index (χ1v) is 13.2. The molecule has 1 aliphatic heterocycles. The molecule has 0 aliphatic carbocycles. The molecular weight excluding hydrogens is 599 g/mol. The van der Waals surface area contributed by atoms with Crippen molar-refractivity contribution in [2.24, 2.45) is 0 Å². The first-order chi connectivity index (χ1) is 15.0. The van der Waals surface area contributed by atoms with Crippen LogP contribution in [0.3, 0.4) is 0 Å². The second-order valence-corrected chi connectivity index (χ2v) is 11.2. The molecule has 1 N–H and O–H groups in total. The van der Waals surface area contributed by atoms with E-state index in [0.717, 1.165) is 37.8 Å². The topological polar surface area (TPSA) is 68.7 Å². The molecular formula is C21H22BrClIN4O3-. The average Bonchev–Trinajstić information content (AvgIpc) is 2.77. The van der Waals surface area contributed by atoms with Crippen molar-refractivity contribution in [2.75, 3.05) is 37.2 Å². The predicted molar refractivity (Wildman–Crippen MR) is 121 cm³/mol. The number of hydrogen-bond donors (Lipinski definition) is 1. The van der Waals surface area contributed by atoms with Gasteiger partial charge in [0.2, 0.25) is 0 Å². The minimum atomic E-state index is -0.0115. The van der Waals surface area contributed by atoms with E-state index in [1.165, 1.54) is 6.33 Å². The monoisotopic (exact) mass is 619 g/mol. The Balaban J connectivity index is 1.61. The third-order valence-electron chi connectivity index (χ3n) is 4.94. The van der Waals surface area contributed by atoms with E-state index in [9.17, 15) is 0 Å². The van der Waals surface area contributed by atoms with Crippen molar-refractivity contribution in [2.45, 2.75) is 13.0 Å². The average molecular weight is 621 g/mol. The Morgan fingerprint density at radius 2 is 2.16 bits per heavy atom. The van der Waals surface area contributed by atoms with Gasteiger partial charge in [-0.05, 0) is 40.5 Å². The number of benzene rings is 2. The van der Waals surface area contributed by atoms with E-state index >= 15 is 0 Å². The first-order valence-electron chi connectivity index (χ1n) is 9.55. The fraction of sp³-hybridized carbons (Fsp3) is 0.333. The fourth-order valence-electron chi connectivity index (χ4n) is 3.22. The van der Waals surface area contributed by atoms with Crippen LogP contribution < -0.4 is 36.3 Å². The van der Waals surface area contributed by atoms with Crippen molar-refractivity contribution in [1.29, 1.82) is 0 Å². The number of rotatable bonds is 6. The van der Waals surface area contributed by atoms with Gasteiger partial charge in [0.1, 0.15) is 0 Å². The molecule has 3 aromatic rings. The summed E-state index contributed by atoms with van der Waals surface area (Å²) < 4.78 is 21.5. The summed E-state index contributed by atoms with van der Waals surface area (Å²) in [6, 6.07) is 7.63. The van der Waals surface area contributed by atoms with E-state index in [-0.39, 0.29) is 27.6 Å². The molecule has 1 atom stereocenters. The Hall–Kier alpha value is -1.40. The Bertz CT molecular complexity index is 1100. The molecule has 1 saturated heterocycles. The van der Waals surface area contributed by atoms with Crippen molar-refractivity contribution < 1.29 is 35.7 Å². The molecule has 7 nitrogen and oxygen atoms in total. The molecule has 31 heavy (non-hydrogen) atoms. The van der Waals surface area contributed by atoms with Crippen LogP contribution >= 0.6 is 27.5 Å². The van der Waals surface area contributed by atoms with E-state index in [0.29, 0.717) is 28.9 Å². The maximum atomic E-state index is 6.38. The van der Waals surface area contributed by atoms with E-state index in [1.54, 1.807) is 7.11 Å². The summed E-state index contributed by atoms with van der Waals surface area (Å²) in [6.07, 6.45) is 1.58. The molecule has 0 bridgehead atoms. The number of alkyl halides is 1. The number of aromatic nitrogens is 2. The molecule has 4 rings (SSSR count). The second kappa shape index (κ2) is 10.0. The van der Waals surface area contributed by atoms with Crippen LogP contribution in [0.25, 0.3) is 10.9 Å². The number of likely N-dealkylation sites (N-methyl/N-ethyl adjacent to an activating group) is 1. The normalized spacial score (nSPS) is 17.3. The number of ether oxygens (including phenoxy) is 3. The van der Waals surface area contributed by atoms with Crippen molar-refractivity contribution in [1.82, 2.24) is 13.1 Å². The summed E-state index contributed by atoms with van der Waals surface area (Å²) in [4.78, 5) is 8.86. The summed E-state index contributed by atoms with van der Waals surface area (Å²) in [7, 11) is 3.75. The molecule has 0 amide bonds. The van der Waals surface area contributed by atoms with E-state index < -0.39 is 0 Å². The van der Waals surface area contributed by atoms with Crippen molar-refractivity contribution in [3.05, 3.63) is 45.7 Å². The molecule has 0 radical (unpaired) electrons. The summed E-state index contributed by atoms with van der Waals surface area (Å²) in [5, 5.41) is 4.85. The molecule has 2 heterocycles. The Kier molecular flexibility index (Phi) is 7.37. The van der Waals surface area contributed by atoms with Crippen LogP contribution in [-0.2, 0) is 4.74 Å². The quantitative estimate of drug-likeness (QED) is 0.256. The molecule has 0 saturated carbocycles. The second-order valence-electron chi connectivity index (χ2n) is 7.02. The van der Waals surface area contributed by atoms with E-state index in [1.807, 2.05) is 31.2 Å². The van der Waals surface area contributed by atoms with Crippen LogP contribution in [0.5, 0.6) is 11.5 Å². The zero-order valence-electron chi connectivity index (χ0n) is 17.3. The minimum absolute atomic E-state index is 0.0115. The van der Waals surface area contributed by atoms with E-state index in [4.69, 9.17) is 25.8 Å². The molecule has 10 heteroatoms. The number of methoxy groups -OCH3 is 1. The fourth-order valence-corrected chi connectivity index (χ4v) is 5.67. The summed E-state index contributed by atoms with van der Waals surface area (Å²) in [6.45, 7) is 3.30. The number of nitrogens with one attached hydrogen (secondary N) is 1.